The minimum atomic E-state index is -0.684. The van der Waals surface area contributed by atoms with Crippen molar-refractivity contribution in [2.24, 2.45) is 0 Å². The predicted molar refractivity (Wildman–Crippen MR) is 162 cm³/mol. The highest BCUT2D eigenvalue weighted by Gasteiger charge is 2.51. The Kier molecular flexibility index (Phi) is 5.23. The SMILES string of the molecule is [C-]#[N+]C(C#N)=C1c2ccccc2C2(c3ccccc31)c1ccccc1N(c1ccc3c(c1)OCCO3)c1ccccc12. The predicted octanol–water partition coefficient (Wildman–Crippen LogP) is 8.14. The molecule has 0 amide bonds. The summed E-state index contributed by atoms with van der Waals surface area (Å²) < 4.78 is 11.8. The molecule has 1 spiro atoms. The second kappa shape index (κ2) is 9.13. The van der Waals surface area contributed by atoms with Gasteiger partial charge in [-0.15, -0.1) is 0 Å². The third-order valence-electron chi connectivity index (χ3n) is 8.54. The lowest BCUT2D eigenvalue weighted by molar-refractivity contribution is 0.171. The number of ether oxygens (including phenoxy) is 2. The highest BCUT2D eigenvalue weighted by atomic mass is 16.6. The molecule has 0 fully saturated rings. The zero-order valence-electron chi connectivity index (χ0n) is 22.5. The van der Waals surface area contributed by atoms with Crippen molar-refractivity contribution in [1.82, 2.24) is 0 Å². The monoisotopic (exact) mass is 541 g/mol. The van der Waals surface area contributed by atoms with E-state index in [2.05, 4.69) is 101 Å². The highest BCUT2D eigenvalue weighted by molar-refractivity contribution is 5.98. The lowest BCUT2D eigenvalue weighted by atomic mass is 9.57. The zero-order chi connectivity index (χ0) is 28.3. The van der Waals surface area contributed by atoms with E-state index in [-0.39, 0.29) is 5.70 Å². The van der Waals surface area contributed by atoms with Crippen LogP contribution in [0.3, 0.4) is 0 Å². The molecule has 0 saturated heterocycles. The average molecular weight is 542 g/mol. The average Bonchev–Trinajstić information content (AvgIpc) is 3.06. The van der Waals surface area contributed by atoms with E-state index in [9.17, 15) is 5.26 Å². The summed E-state index contributed by atoms with van der Waals surface area (Å²) in [4.78, 5) is 5.97. The van der Waals surface area contributed by atoms with E-state index in [1.54, 1.807) is 0 Å². The lowest BCUT2D eigenvalue weighted by Crippen LogP contribution is -2.40. The maximum atomic E-state index is 10.0. The molecule has 2 aliphatic heterocycles. The molecule has 5 aromatic carbocycles. The van der Waals surface area contributed by atoms with Gasteiger partial charge < -0.3 is 14.4 Å². The highest BCUT2D eigenvalue weighted by Crippen LogP contribution is 2.62. The summed E-state index contributed by atoms with van der Waals surface area (Å²) in [6.07, 6.45) is 0. The number of nitriles is 1. The fraction of sp³-hybridized carbons (Fsp3) is 0.0811. The van der Waals surface area contributed by atoms with Crippen LogP contribution in [0.2, 0.25) is 0 Å². The number of benzene rings is 5. The van der Waals surface area contributed by atoms with Gasteiger partial charge >= 0.3 is 0 Å². The molecule has 0 radical (unpaired) electrons. The van der Waals surface area contributed by atoms with Crippen molar-refractivity contribution >= 4 is 22.6 Å². The molecule has 0 atom stereocenters. The quantitative estimate of drug-likeness (QED) is 0.156. The van der Waals surface area contributed by atoms with E-state index in [4.69, 9.17) is 16.0 Å². The topological polar surface area (TPSA) is 49.9 Å². The number of nitrogens with zero attached hydrogens (tertiary/aromatic N) is 3. The van der Waals surface area contributed by atoms with Crippen molar-refractivity contribution in [3.8, 4) is 17.6 Å². The van der Waals surface area contributed by atoms with Crippen molar-refractivity contribution in [2.75, 3.05) is 18.1 Å². The molecule has 0 saturated carbocycles. The van der Waals surface area contributed by atoms with Gasteiger partial charge in [-0.2, -0.15) is 0 Å². The summed E-state index contributed by atoms with van der Waals surface area (Å²) in [6.45, 7) is 8.92. The van der Waals surface area contributed by atoms with Crippen molar-refractivity contribution in [1.29, 1.82) is 5.26 Å². The Bertz CT molecular complexity index is 1930. The van der Waals surface area contributed by atoms with Crippen LogP contribution in [-0.2, 0) is 5.41 Å². The lowest BCUT2D eigenvalue weighted by Gasteiger charge is -2.49. The summed E-state index contributed by atoms with van der Waals surface area (Å²) in [5.41, 5.74) is 9.34. The maximum Gasteiger partial charge on any atom is 0.270 e. The Morgan fingerprint density at radius 2 is 1.21 bits per heavy atom. The smallest absolute Gasteiger partial charge is 0.270 e. The van der Waals surface area contributed by atoms with E-state index in [0.29, 0.717) is 18.8 Å². The van der Waals surface area contributed by atoms with Crippen LogP contribution in [0.4, 0.5) is 17.1 Å². The van der Waals surface area contributed by atoms with Crippen molar-refractivity contribution in [3.05, 3.63) is 166 Å². The first-order chi connectivity index (χ1) is 20.8. The second-order valence-corrected chi connectivity index (χ2v) is 10.5. The van der Waals surface area contributed by atoms with Gasteiger partial charge in [0.1, 0.15) is 13.2 Å². The third-order valence-corrected chi connectivity index (χ3v) is 8.54. The molecule has 1 aliphatic carbocycles. The van der Waals surface area contributed by atoms with Crippen LogP contribution >= 0.6 is 0 Å². The molecule has 0 N–H and O–H groups in total. The van der Waals surface area contributed by atoms with Crippen LogP contribution in [0.1, 0.15) is 33.4 Å². The maximum absolute atomic E-state index is 10.0. The molecule has 8 rings (SSSR count). The molecule has 0 unspecified atom stereocenters. The summed E-state index contributed by atoms with van der Waals surface area (Å²) in [5.74, 6) is 1.49. The molecule has 5 aromatic rings. The van der Waals surface area contributed by atoms with Gasteiger partial charge in [-0.3, -0.25) is 0 Å². The van der Waals surface area contributed by atoms with Gasteiger partial charge in [-0.1, -0.05) is 84.9 Å². The van der Waals surface area contributed by atoms with Crippen LogP contribution in [0.5, 0.6) is 11.5 Å². The van der Waals surface area contributed by atoms with Gasteiger partial charge in [0.25, 0.3) is 5.70 Å². The molecule has 5 nitrogen and oxygen atoms in total. The fourth-order valence-corrected chi connectivity index (χ4v) is 7.01. The van der Waals surface area contributed by atoms with Crippen LogP contribution in [0.25, 0.3) is 10.4 Å². The molecule has 2 heterocycles. The van der Waals surface area contributed by atoms with Gasteiger partial charge in [0.2, 0.25) is 0 Å². The Hall–Kier alpha value is -5.78. The molecule has 3 aliphatic rings. The number of allylic oxidation sites excluding steroid dienone is 1. The molecule has 5 heteroatoms. The Balaban J connectivity index is 1.50. The first kappa shape index (κ1) is 24.1. The number of rotatable bonds is 1. The van der Waals surface area contributed by atoms with Crippen molar-refractivity contribution in [2.45, 2.75) is 5.41 Å². The molecule has 0 aromatic heterocycles. The van der Waals surface area contributed by atoms with E-state index in [1.807, 2.05) is 30.3 Å². The number of anilines is 3. The Morgan fingerprint density at radius 1 is 0.690 bits per heavy atom. The van der Waals surface area contributed by atoms with Crippen LogP contribution in [0, 0.1) is 17.9 Å². The number of para-hydroxylation sites is 2. The zero-order valence-corrected chi connectivity index (χ0v) is 22.5. The fourth-order valence-electron chi connectivity index (χ4n) is 7.01. The molecular weight excluding hydrogens is 518 g/mol. The summed E-state index contributed by atoms with van der Waals surface area (Å²) in [7, 11) is 0. The molecule has 198 valence electrons. The molecule has 42 heavy (non-hydrogen) atoms. The molecular formula is C37H23N3O2. The van der Waals surface area contributed by atoms with Gasteiger partial charge in [-0.25, -0.2) is 10.1 Å². The first-order valence-electron chi connectivity index (χ1n) is 13.9. The van der Waals surface area contributed by atoms with Crippen LogP contribution in [0.15, 0.2) is 121 Å². The Labute approximate surface area is 243 Å². The minimum Gasteiger partial charge on any atom is -0.486 e. The molecule has 0 bridgehead atoms. The van der Waals surface area contributed by atoms with Crippen LogP contribution < -0.4 is 14.4 Å². The third kappa shape index (κ3) is 3.11. The summed E-state index contributed by atoms with van der Waals surface area (Å²) in [6, 6.07) is 41.8. The standard InChI is InChI=1S/C37H23N3O2/c1-39-31(23-38)36-25-10-2-4-12-27(25)37(28-13-5-3-11-26(28)36)29-14-6-8-16-32(29)40(33-17-9-7-15-30(33)37)24-18-19-34-35(22-24)42-21-20-41-34/h2-19,22H,20-21H2. The normalized spacial score (nSPS) is 14.9. The van der Waals surface area contributed by atoms with Gasteiger partial charge in [0.15, 0.2) is 11.5 Å². The largest absolute Gasteiger partial charge is 0.486 e. The minimum absolute atomic E-state index is 0.0973. The van der Waals surface area contributed by atoms with Crippen LogP contribution in [-0.4, -0.2) is 13.2 Å². The summed E-state index contributed by atoms with van der Waals surface area (Å²) in [5, 5.41) is 10.0. The van der Waals surface area contributed by atoms with Gasteiger partial charge in [0.05, 0.1) is 35.1 Å². The van der Waals surface area contributed by atoms with E-state index >= 15 is 0 Å². The van der Waals surface area contributed by atoms with Crippen molar-refractivity contribution < 1.29 is 9.47 Å². The van der Waals surface area contributed by atoms with Gasteiger partial charge in [-0.05, 0) is 57.6 Å². The Morgan fingerprint density at radius 3 is 1.79 bits per heavy atom. The first-order valence-corrected chi connectivity index (χ1v) is 13.9. The van der Waals surface area contributed by atoms with E-state index in [1.165, 1.54) is 0 Å². The summed E-state index contributed by atoms with van der Waals surface area (Å²) >= 11 is 0. The van der Waals surface area contributed by atoms with E-state index < -0.39 is 5.41 Å². The van der Waals surface area contributed by atoms with Gasteiger partial charge in [0, 0.05) is 11.6 Å². The second-order valence-electron chi connectivity index (χ2n) is 10.5. The number of hydrogen-bond acceptors (Lipinski definition) is 4. The van der Waals surface area contributed by atoms with Crippen molar-refractivity contribution in [3.63, 3.8) is 0 Å². The van der Waals surface area contributed by atoms with E-state index in [0.717, 1.165) is 61.9 Å². The number of fused-ring (bicyclic) bond motifs is 9. The number of hydrogen-bond donors (Lipinski definition) is 0.